The van der Waals surface area contributed by atoms with E-state index >= 15 is 0 Å². The zero-order chi connectivity index (χ0) is 23.6. The molecule has 2 aromatic carbocycles. The van der Waals surface area contributed by atoms with Gasteiger partial charge < -0.3 is 13.7 Å². The van der Waals surface area contributed by atoms with Crippen LogP contribution in [0.3, 0.4) is 0 Å². The molecule has 0 aliphatic carbocycles. The van der Waals surface area contributed by atoms with E-state index in [1.807, 2.05) is 34.9 Å². The first-order chi connectivity index (χ1) is 16.5. The number of benzene rings is 2. The van der Waals surface area contributed by atoms with Crippen LogP contribution in [0.15, 0.2) is 79.7 Å². The van der Waals surface area contributed by atoms with Gasteiger partial charge in [0.15, 0.2) is 5.43 Å². The average molecular weight is 455 g/mol. The lowest BCUT2D eigenvalue weighted by Crippen LogP contribution is -2.37. The smallest absolute Gasteiger partial charge is 0.331 e. The first-order valence-electron chi connectivity index (χ1n) is 11.0. The van der Waals surface area contributed by atoms with Gasteiger partial charge in [0.05, 0.1) is 39.8 Å². The van der Waals surface area contributed by atoms with Crippen molar-refractivity contribution in [2.45, 2.75) is 12.6 Å². The molecule has 0 radical (unpaired) electrons. The first-order valence-corrected chi connectivity index (χ1v) is 11.0. The van der Waals surface area contributed by atoms with Gasteiger partial charge in [-0.05, 0) is 17.7 Å². The van der Waals surface area contributed by atoms with Gasteiger partial charge in [0, 0.05) is 20.6 Å². The molecule has 0 saturated carbocycles. The van der Waals surface area contributed by atoms with Gasteiger partial charge in [-0.15, -0.1) is 0 Å². The molecule has 1 aliphatic rings. The number of hydrogen-bond acceptors (Lipinski definition) is 5. The molecule has 0 fully saturated rings. The summed E-state index contributed by atoms with van der Waals surface area (Å²) in [6.45, 7) is 0.806. The van der Waals surface area contributed by atoms with Gasteiger partial charge in [-0.25, -0.2) is 4.79 Å². The lowest BCUT2D eigenvalue weighted by Gasteiger charge is -2.27. The van der Waals surface area contributed by atoms with Crippen molar-refractivity contribution in [3.8, 4) is 11.3 Å². The second-order valence-electron chi connectivity index (χ2n) is 8.45. The van der Waals surface area contributed by atoms with Crippen molar-refractivity contribution in [3.05, 3.63) is 103 Å². The van der Waals surface area contributed by atoms with E-state index in [-0.39, 0.29) is 11.0 Å². The van der Waals surface area contributed by atoms with E-state index in [0.29, 0.717) is 52.0 Å². The molecule has 0 saturated heterocycles. The van der Waals surface area contributed by atoms with Crippen LogP contribution in [0.2, 0.25) is 0 Å². The fourth-order valence-electron chi connectivity index (χ4n) is 4.99. The molecule has 0 amide bonds. The molecular formula is C26H21N3O5. The van der Waals surface area contributed by atoms with Crippen LogP contribution in [0, 0.1) is 0 Å². The summed E-state index contributed by atoms with van der Waals surface area (Å²) >= 11 is 0. The van der Waals surface area contributed by atoms with Crippen LogP contribution in [-0.4, -0.2) is 20.3 Å². The van der Waals surface area contributed by atoms with Gasteiger partial charge in [-0.2, -0.15) is 0 Å². The highest BCUT2D eigenvalue weighted by Gasteiger charge is 2.34. The highest BCUT2D eigenvalue weighted by atomic mass is 16.5. The van der Waals surface area contributed by atoms with E-state index in [0.717, 1.165) is 10.1 Å². The Morgan fingerprint density at radius 2 is 1.65 bits per heavy atom. The number of rotatable bonds is 2. The van der Waals surface area contributed by atoms with Gasteiger partial charge in [0.25, 0.3) is 5.56 Å². The van der Waals surface area contributed by atoms with Crippen molar-refractivity contribution < 1.29 is 9.15 Å². The summed E-state index contributed by atoms with van der Waals surface area (Å²) in [5.41, 5.74) is 2.39. The van der Waals surface area contributed by atoms with Crippen LogP contribution in [0.4, 0.5) is 0 Å². The number of aromatic nitrogens is 3. The maximum absolute atomic E-state index is 13.4. The molecule has 34 heavy (non-hydrogen) atoms. The van der Waals surface area contributed by atoms with E-state index in [9.17, 15) is 14.4 Å². The van der Waals surface area contributed by atoms with Crippen molar-refractivity contribution >= 4 is 21.9 Å². The van der Waals surface area contributed by atoms with Gasteiger partial charge in [-0.3, -0.25) is 18.7 Å². The Bertz CT molecular complexity index is 1770. The molecule has 5 aromatic rings. The topological polar surface area (TPSA) is 88.4 Å². The molecule has 8 heteroatoms. The monoisotopic (exact) mass is 455 g/mol. The number of para-hydroxylation sites is 1. The molecule has 3 aromatic heterocycles. The predicted molar refractivity (Wildman–Crippen MR) is 128 cm³/mol. The molecule has 1 aliphatic heterocycles. The Morgan fingerprint density at radius 1 is 0.912 bits per heavy atom. The minimum absolute atomic E-state index is 0.204. The van der Waals surface area contributed by atoms with E-state index in [2.05, 4.69) is 0 Å². The molecule has 4 heterocycles. The van der Waals surface area contributed by atoms with Crippen molar-refractivity contribution in [1.29, 1.82) is 0 Å². The Kier molecular flexibility index (Phi) is 4.46. The molecule has 0 unspecified atom stereocenters. The summed E-state index contributed by atoms with van der Waals surface area (Å²) in [6.07, 6.45) is 0.623. The lowest BCUT2D eigenvalue weighted by molar-refractivity contribution is 0.0463. The molecule has 6 rings (SSSR count). The molecule has 0 bridgehead atoms. The summed E-state index contributed by atoms with van der Waals surface area (Å²) < 4.78 is 16.5. The fraction of sp³-hybridized carbons (Fsp3) is 0.192. The van der Waals surface area contributed by atoms with Crippen LogP contribution in [0.1, 0.15) is 17.4 Å². The summed E-state index contributed by atoms with van der Waals surface area (Å²) in [4.78, 5) is 39.8. The van der Waals surface area contributed by atoms with Gasteiger partial charge in [0.2, 0.25) is 0 Å². The maximum atomic E-state index is 13.4. The normalized spacial score (nSPS) is 15.6. The Hall–Kier alpha value is -4.17. The highest BCUT2D eigenvalue weighted by Crippen LogP contribution is 2.40. The fourth-order valence-corrected chi connectivity index (χ4v) is 4.99. The largest absolute Gasteiger partial charge is 0.464 e. The zero-order valence-corrected chi connectivity index (χ0v) is 18.6. The summed E-state index contributed by atoms with van der Waals surface area (Å²) in [6, 6.07) is 16.6. The van der Waals surface area contributed by atoms with Gasteiger partial charge >= 0.3 is 5.69 Å². The minimum Gasteiger partial charge on any atom is -0.464 e. The van der Waals surface area contributed by atoms with Gasteiger partial charge in [0.1, 0.15) is 18.0 Å². The Labute approximate surface area is 192 Å². The Morgan fingerprint density at radius 3 is 2.44 bits per heavy atom. The molecule has 1 atom stereocenters. The third-order valence-electron chi connectivity index (χ3n) is 6.59. The number of nitrogens with zero attached hydrogens (tertiary/aromatic N) is 3. The zero-order valence-electron chi connectivity index (χ0n) is 18.6. The van der Waals surface area contributed by atoms with Crippen molar-refractivity contribution in [1.82, 2.24) is 13.7 Å². The predicted octanol–water partition coefficient (Wildman–Crippen LogP) is 2.93. The third-order valence-corrected chi connectivity index (χ3v) is 6.59. The van der Waals surface area contributed by atoms with E-state index in [1.165, 1.54) is 17.9 Å². The maximum Gasteiger partial charge on any atom is 0.331 e. The van der Waals surface area contributed by atoms with Crippen LogP contribution in [-0.2, 0) is 25.4 Å². The van der Waals surface area contributed by atoms with Crippen LogP contribution >= 0.6 is 0 Å². The summed E-state index contributed by atoms with van der Waals surface area (Å²) in [7, 11) is 3.11. The quantitative estimate of drug-likeness (QED) is 0.408. The number of hydrogen-bond donors (Lipinski definition) is 0. The van der Waals surface area contributed by atoms with E-state index in [1.54, 1.807) is 31.3 Å². The standard InChI is InChI=1S/C26H21N3O5/c1-27-21-19(25(31)28(2)26(27)32)20(15-8-4-3-5-9-15)29-12-13-33-24(22(21)29)17-14-34-18-11-7-6-10-16(18)23(17)30/h3-11,14,24H,12-13H2,1-2H3/t24-/m0/s1. The number of fused-ring (bicyclic) bond motifs is 4. The van der Waals surface area contributed by atoms with Crippen LogP contribution in [0.5, 0.6) is 0 Å². The molecule has 0 spiro atoms. The van der Waals surface area contributed by atoms with Crippen molar-refractivity contribution in [3.63, 3.8) is 0 Å². The Balaban J connectivity index is 1.76. The minimum atomic E-state index is -0.799. The SMILES string of the molecule is Cn1c(=O)c2c(-c3ccccc3)n3c(c2n(C)c1=O)[C@H](c1coc2ccccc2c1=O)OCC3. The van der Waals surface area contributed by atoms with Crippen LogP contribution < -0.4 is 16.7 Å². The van der Waals surface area contributed by atoms with Gasteiger partial charge in [-0.1, -0.05) is 42.5 Å². The molecule has 0 N–H and O–H groups in total. The van der Waals surface area contributed by atoms with E-state index < -0.39 is 11.8 Å². The third kappa shape index (κ3) is 2.72. The molecule has 170 valence electrons. The summed E-state index contributed by atoms with van der Waals surface area (Å²) in [5, 5.41) is 0.871. The molecular weight excluding hydrogens is 434 g/mol. The number of ether oxygens (including phenoxy) is 1. The second kappa shape index (κ2) is 7.43. The van der Waals surface area contributed by atoms with E-state index in [4.69, 9.17) is 9.15 Å². The average Bonchev–Trinajstić information content (AvgIpc) is 3.23. The second-order valence-corrected chi connectivity index (χ2v) is 8.45. The molecule has 8 nitrogen and oxygen atoms in total. The summed E-state index contributed by atoms with van der Waals surface area (Å²) in [5.74, 6) is 0. The van der Waals surface area contributed by atoms with Crippen molar-refractivity contribution in [2.24, 2.45) is 14.1 Å². The highest BCUT2D eigenvalue weighted by molar-refractivity contribution is 5.96. The lowest BCUT2D eigenvalue weighted by atomic mass is 10.0. The number of aryl methyl sites for hydroxylation is 1. The van der Waals surface area contributed by atoms with Crippen LogP contribution in [0.25, 0.3) is 33.1 Å². The first kappa shape index (κ1) is 20.4. The van der Waals surface area contributed by atoms with Crippen molar-refractivity contribution in [2.75, 3.05) is 6.61 Å².